The van der Waals surface area contributed by atoms with Gasteiger partial charge < -0.3 is 15.2 Å². The van der Waals surface area contributed by atoms with Crippen LogP contribution in [-0.2, 0) is 27.9 Å². The van der Waals surface area contributed by atoms with Crippen molar-refractivity contribution in [2.24, 2.45) is 5.41 Å². The number of nitrogens with one attached hydrogen (secondary N) is 2. The smallest absolute Gasteiger partial charge is 0.272 e. The van der Waals surface area contributed by atoms with Gasteiger partial charge in [0.2, 0.25) is 15.9 Å². The largest absolute Gasteiger partial charge is 0.357 e. The second-order valence-electron chi connectivity index (χ2n) is 9.56. The van der Waals surface area contributed by atoms with Gasteiger partial charge in [0.25, 0.3) is 5.91 Å². The van der Waals surface area contributed by atoms with Gasteiger partial charge in [0.05, 0.1) is 17.5 Å². The molecule has 2 amide bonds. The summed E-state index contributed by atoms with van der Waals surface area (Å²) in [5, 5.41) is 4.84. The number of imidazole rings is 1. The van der Waals surface area contributed by atoms with Gasteiger partial charge in [-0.2, -0.15) is 4.31 Å². The molecular formula is C23H33N5O4S. The highest BCUT2D eigenvalue weighted by atomic mass is 32.2. The Labute approximate surface area is 195 Å². The van der Waals surface area contributed by atoms with Crippen molar-refractivity contribution in [3.05, 3.63) is 41.7 Å². The molecule has 9 nitrogen and oxygen atoms in total. The number of hydrogen-bond acceptors (Lipinski definition) is 5. The zero-order valence-electron chi connectivity index (χ0n) is 20.0. The van der Waals surface area contributed by atoms with Crippen molar-refractivity contribution in [1.82, 2.24) is 24.5 Å². The fraction of sp³-hybridized carbons (Fsp3) is 0.522. The molecule has 0 aliphatic carbocycles. The van der Waals surface area contributed by atoms with Crippen LogP contribution < -0.4 is 10.6 Å². The summed E-state index contributed by atoms with van der Waals surface area (Å²) in [6.45, 7) is 9.59. The van der Waals surface area contributed by atoms with Gasteiger partial charge in [0.15, 0.2) is 5.69 Å². The van der Waals surface area contributed by atoms with Crippen LogP contribution in [0.3, 0.4) is 0 Å². The van der Waals surface area contributed by atoms with Crippen LogP contribution in [0, 0.1) is 5.41 Å². The summed E-state index contributed by atoms with van der Waals surface area (Å²) in [6, 6.07) is 8.68. The van der Waals surface area contributed by atoms with E-state index >= 15 is 0 Å². The summed E-state index contributed by atoms with van der Waals surface area (Å²) in [4.78, 5) is 30.5. The molecule has 1 aliphatic heterocycles. The van der Waals surface area contributed by atoms with Crippen molar-refractivity contribution in [1.29, 1.82) is 0 Å². The van der Waals surface area contributed by atoms with Gasteiger partial charge in [0, 0.05) is 25.7 Å². The first kappa shape index (κ1) is 24.9. The summed E-state index contributed by atoms with van der Waals surface area (Å²) < 4.78 is 29.0. The van der Waals surface area contributed by atoms with Gasteiger partial charge in [-0.1, -0.05) is 51.1 Å². The van der Waals surface area contributed by atoms with Crippen LogP contribution >= 0.6 is 0 Å². The molecule has 1 aliphatic rings. The standard InChI is InChI=1S/C23H33N5O4S/c1-15(2)33(31,32)27-12-13-28-17(14-27)18(25-20(28)16-10-8-7-9-11-16)21(29)26-19(22(30)24-6)23(3,4)5/h7-11,15,19H,12-14H2,1-6H3,(H,24,30)(H,26,29). The van der Waals surface area contributed by atoms with Crippen LogP contribution in [0.2, 0.25) is 0 Å². The number of benzene rings is 1. The molecule has 1 aromatic heterocycles. The second kappa shape index (κ2) is 9.26. The Morgan fingerprint density at radius 2 is 1.73 bits per heavy atom. The first-order valence-electron chi connectivity index (χ1n) is 11.0. The number of hydrogen-bond donors (Lipinski definition) is 2. The Kier molecular flexibility index (Phi) is 6.99. The molecule has 0 spiro atoms. The first-order valence-corrected chi connectivity index (χ1v) is 12.5. The number of aromatic nitrogens is 2. The van der Waals surface area contributed by atoms with E-state index in [4.69, 9.17) is 0 Å². The third kappa shape index (κ3) is 4.96. The fourth-order valence-corrected chi connectivity index (χ4v) is 5.10. The molecular weight excluding hydrogens is 442 g/mol. The number of rotatable bonds is 6. The fourth-order valence-electron chi connectivity index (χ4n) is 3.87. The van der Waals surface area contributed by atoms with Gasteiger partial charge in [-0.15, -0.1) is 0 Å². The molecule has 1 unspecified atom stereocenters. The van der Waals surface area contributed by atoms with Crippen LogP contribution in [0.5, 0.6) is 0 Å². The van der Waals surface area contributed by atoms with E-state index in [0.29, 0.717) is 24.6 Å². The number of amides is 2. The van der Waals surface area contributed by atoms with E-state index < -0.39 is 32.6 Å². The van der Waals surface area contributed by atoms with Crippen LogP contribution in [0.1, 0.15) is 50.8 Å². The topological polar surface area (TPSA) is 113 Å². The number of fused-ring (bicyclic) bond motifs is 1. The van der Waals surface area contributed by atoms with E-state index in [0.717, 1.165) is 5.56 Å². The molecule has 0 radical (unpaired) electrons. The van der Waals surface area contributed by atoms with E-state index in [1.807, 2.05) is 55.7 Å². The minimum absolute atomic E-state index is 0.0449. The lowest BCUT2D eigenvalue weighted by atomic mass is 9.86. The third-order valence-corrected chi connectivity index (χ3v) is 8.05. The molecule has 2 N–H and O–H groups in total. The van der Waals surface area contributed by atoms with Gasteiger partial charge in [-0.3, -0.25) is 9.59 Å². The molecule has 180 valence electrons. The lowest BCUT2D eigenvalue weighted by molar-refractivity contribution is -0.124. The first-order chi connectivity index (χ1) is 15.4. The number of nitrogens with zero attached hydrogens (tertiary/aromatic N) is 3. The van der Waals surface area contributed by atoms with Crippen LogP contribution in [0.25, 0.3) is 11.4 Å². The summed E-state index contributed by atoms with van der Waals surface area (Å²) in [6.07, 6.45) is 0. The molecule has 2 aromatic rings. The average Bonchev–Trinajstić information content (AvgIpc) is 3.15. The molecule has 1 atom stereocenters. The summed E-state index contributed by atoms with van der Waals surface area (Å²) in [5.41, 5.74) is 0.948. The summed E-state index contributed by atoms with van der Waals surface area (Å²) >= 11 is 0. The maximum atomic E-state index is 13.4. The average molecular weight is 476 g/mol. The van der Waals surface area contributed by atoms with Crippen molar-refractivity contribution >= 4 is 21.8 Å². The van der Waals surface area contributed by atoms with E-state index in [2.05, 4.69) is 15.6 Å². The Balaban J connectivity index is 2.07. The molecule has 1 aromatic carbocycles. The van der Waals surface area contributed by atoms with Gasteiger partial charge in [-0.25, -0.2) is 13.4 Å². The maximum absolute atomic E-state index is 13.4. The number of sulfonamides is 1. The zero-order chi connectivity index (χ0) is 24.6. The van der Waals surface area contributed by atoms with Crippen LogP contribution in [-0.4, -0.2) is 59.0 Å². The van der Waals surface area contributed by atoms with Crippen molar-refractivity contribution in [3.63, 3.8) is 0 Å². The van der Waals surface area contributed by atoms with E-state index in [-0.39, 0.29) is 18.1 Å². The molecule has 0 fully saturated rings. The second-order valence-corrected chi connectivity index (χ2v) is 12.1. The molecule has 2 heterocycles. The Morgan fingerprint density at radius 1 is 1.09 bits per heavy atom. The quantitative estimate of drug-likeness (QED) is 0.663. The molecule has 0 saturated carbocycles. The van der Waals surface area contributed by atoms with Crippen molar-refractivity contribution in [2.75, 3.05) is 13.6 Å². The molecule has 33 heavy (non-hydrogen) atoms. The number of carbonyl (C=O) groups is 2. The SMILES string of the molecule is CNC(=O)C(NC(=O)c1nc(-c2ccccc2)n2c1CN(S(=O)(=O)C(C)C)CC2)C(C)(C)C. The molecule has 10 heteroatoms. The maximum Gasteiger partial charge on any atom is 0.272 e. The van der Waals surface area contributed by atoms with Gasteiger partial charge >= 0.3 is 0 Å². The minimum atomic E-state index is -3.51. The summed E-state index contributed by atoms with van der Waals surface area (Å²) in [7, 11) is -1.99. The van der Waals surface area contributed by atoms with E-state index in [1.54, 1.807) is 13.8 Å². The van der Waals surface area contributed by atoms with Crippen molar-refractivity contribution in [3.8, 4) is 11.4 Å². The Hall–Kier alpha value is -2.72. The van der Waals surface area contributed by atoms with Crippen LogP contribution in [0.15, 0.2) is 30.3 Å². The molecule has 0 saturated heterocycles. The van der Waals surface area contributed by atoms with Gasteiger partial charge in [0.1, 0.15) is 11.9 Å². The van der Waals surface area contributed by atoms with E-state index in [9.17, 15) is 18.0 Å². The van der Waals surface area contributed by atoms with Crippen LogP contribution in [0.4, 0.5) is 0 Å². The van der Waals surface area contributed by atoms with Crippen molar-refractivity contribution < 1.29 is 18.0 Å². The Bertz CT molecular complexity index is 1130. The lowest BCUT2D eigenvalue weighted by Crippen LogP contribution is -2.53. The lowest BCUT2D eigenvalue weighted by Gasteiger charge is -2.31. The third-order valence-electron chi connectivity index (χ3n) is 5.82. The molecule has 3 rings (SSSR count). The zero-order valence-corrected chi connectivity index (χ0v) is 20.9. The predicted molar refractivity (Wildman–Crippen MR) is 127 cm³/mol. The minimum Gasteiger partial charge on any atom is -0.357 e. The Morgan fingerprint density at radius 3 is 2.27 bits per heavy atom. The van der Waals surface area contributed by atoms with Crippen molar-refractivity contribution in [2.45, 2.75) is 59.0 Å². The number of likely N-dealkylation sites (N-methyl/N-ethyl adjacent to an activating group) is 1. The monoisotopic (exact) mass is 475 g/mol. The van der Waals surface area contributed by atoms with Gasteiger partial charge in [-0.05, 0) is 19.3 Å². The highest BCUT2D eigenvalue weighted by Gasteiger charge is 2.37. The highest BCUT2D eigenvalue weighted by molar-refractivity contribution is 7.89. The normalized spacial score (nSPS) is 15.7. The summed E-state index contributed by atoms with van der Waals surface area (Å²) in [5.74, 6) is -0.214. The molecule has 0 bridgehead atoms. The number of carbonyl (C=O) groups excluding carboxylic acids is 2. The predicted octanol–water partition coefficient (Wildman–Crippen LogP) is 1.99. The highest BCUT2D eigenvalue weighted by Crippen LogP contribution is 2.29. The van der Waals surface area contributed by atoms with E-state index in [1.165, 1.54) is 11.4 Å².